The van der Waals surface area contributed by atoms with Crippen LogP contribution in [-0.2, 0) is 6.54 Å². The van der Waals surface area contributed by atoms with Crippen molar-refractivity contribution in [3.05, 3.63) is 46.0 Å². The van der Waals surface area contributed by atoms with Gasteiger partial charge in [-0.1, -0.05) is 12.1 Å². The lowest BCUT2D eigenvalue weighted by Gasteiger charge is -2.08. The third-order valence-electron chi connectivity index (χ3n) is 2.80. The molecule has 3 rings (SSSR count). The maximum Gasteiger partial charge on any atom is 0.252 e. The number of benzene rings is 1. The average molecular weight is 259 g/mol. The maximum atomic E-state index is 11.3. The fourth-order valence-electron chi connectivity index (χ4n) is 1.99. The molecular weight excluding hydrogens is 246 g/mol. The van der Waals surface area contributed by atoms with Gasteiger partial charge in [0.2, 0.25) is 6.79 Å². The third-order valence-corrected chi connectivity index (χ3v) is 2.80. The van der Waals surface area contributed by atoms with Crippen molar-refractivity contribution in [3.63, 3.8) is 0 Å². The van der Waals surface area contributed by atoms with Crippen LogP contribution < -0.4 is 20.3 Å². The lowest BCUT2D eigenvalue weighted by Crippen LogP contribution is -2.12. The number of hydrogen-bond acceptors (Lipinski definition) is 5. The second kappa shape index (κ2) is 4.64. The van der Waals surface area contributed by atoms with Gasteiger partial charge in [-0.25, -0.2) is 4.98 Å². The first-order valence-electron chi connectivity index (χ1n) is 5.92. The van der Waals surface area contributed by atoms with Crippen LogP contribution in [0.1, 0.15) is 11.4 Å². The molecule has 1 aliphatic heterocycles. The Morgan fingerprint density at radius 2 is 2.32 bits per heavy atom. The Hall–Kier alpha value is -2.50. The highest BCUT2D eigenvalue weighted by atomic mass is 16.7. The molecule has 0 radical (unpaired) electrons. The number of anilines is 1. The number of aromatic amines is 1. The third kappa shape index (κ3) is 2.37. The second-order valence-electron chi connectivity index (χ2n) is 4.22. The van der Waals surface area contributed by atoms with Crippen molar-refractivity contribution < 1.29 is 9.47 Å². The molecule has 0 bridgehead atoms. The van der Waals surface area contributed by atoms with Crippen LogP contribution in [0.4, 0.5) is 5.82 Å². The van der Waals surface area contributed by atoms with Gasteiger partial charge in [-0.05, 0) is 13.0 Å². The van der Waals surface area contributed by atoms with Gasteiger partial charge in [-0.3, -0.25) is 4.79 Å². The van der Waals surface area contributed by atoms with E-state index in [1.807, 2.05) is 18.2 Å². The molecule has 6 heteroatoms. The van der Waals surface area contributed by atoms with Gasteiger partial charge in [0.25, 0.3) is 5.56 Å². The fraction of sp³-hybridized carbons (Fsp3) is 0.231. The molecule has 1 aliphatic rings. The van der Waals surface area contributed by atoms with Crippen LogP contribution in [0.3, 0.4) is 0 Å². The number of aryl methyl sites for hydroxylation is 1. The lowest BCUT2D eigenvalue weighted by molar-refractivity contribution is 0.173. The SMILES string of the molecule is Cc1nc(NCc2cccc3c2OCO3)cc(=O)[nH]1. The number of aromatic nitrogens is 2. The Labute approximate surface area is 109 Å². The minimum atomic E-state index is -0.173. The zero-order valence-electron chi connectivity index (χ0n) is 10.4. The van der Waals surface area contributed by atoms with Crippen molar-refractivity contribution in [3.8, 4) is 11.5 Å². The van der Waals surface area contributed by atoms with Crippen molar-refractivity contribution in [2.24, 2.45) is 0 Å². The smallest absolute Gasteiger partial charge is 0.252 e. The summed E-state index contributed by atoms with van der Waals surface area (Å²) in [5, 5.41) is 3.11. The molecule has 0 spiro atoms. The van der Waals surface area contributed by atoms with E-state index in [-0.39, 0.29) is 12.4 Å². The molecule has 98 valence electrons. The van der Waals surface area contributed by atoms with Crippen molar-refractivity contribution in [2.75, 3.05) is 12.1 Å². The van der Waals surface area contributed by atoms with Crippen LogP contribution in [0.15, 0.2) is 29.1 Å². The number of H-pyrrole nitrogens is 1. The minimum absolute atomic E-state index is 0.173. The summed E-state index contributed by atoms with van der Waals surface area (Å²) in [4.78, 5) is 18.1. The van der Waals surface area contributed by atoms with Gasteiger partial charge >= 0.3 is 0 Å². The largest absolute Gasteiger partial charge is 0.454 e. The summed E-state index contributed by atoms with van der Waals surface area (Å²) >= 11 is 0. The summed E-state index contributed by atoms with van der Waals surface area (Å²) in [6.45, 7) is 2.50. The highest BCUT2D eigenvalue weighted by molar-refractivity contribution is 5.49. The molecule has 0 saturated heterocycles. The number of nitrogens with zero attached hydrogens (tertiary/aromatic N) is 1. The fourth-order valence-corrected chi connectivity index (χ4v) is 1.99. The standard InChI is InChI=1S/C13H13N3O3/c1-8-15-11(5-12(17)16-8)14-6-9-3-2-4-10-13(9)19-7-18-10/h2-5H,6-7H2,1H3,(H2,14,15,16,17). The number of ether oxygens (including phenoxy) is 2. The van der Waals surface area contributed by atoms with E-state index in [1.165, 1.54) is 6.07 Å². The monoisotopic (exact) mass is 259 g/mol. The quantitative estimate of drug-likeness (QED) is 0.871. The van der Waals surface area contributed by atoms with Gasteiger partial charge in [-0.15, -0.1) is 0 Å². The van der Waals surface area contributed by atoms with Crippen LogP contribution in [0.25, 0.3) is 0 Å². The average Bonchev–Trinajstić information content (AvgIpc) is 2.83. The molecule has 0 fully saturated rings. The Kier molecular flexibility index (Phi) is 2.83. The Morgan fingerprint density at radius 3 is 3.16 bits per heavy atom. The van der Waals surface area contributed by atoms with E-state index < -0.39 is 0 Å². The molecule has 19 heavy (non-hydrogen) atoms. The first kappa shape index (κ1) is 11.6. The zero-order valence-corrected chi connectivity index (χ0v) is 10.4. The Balaban J connectivity index is 1.80. The Bertz CT molecular complexity index is 666. The highest BCUT2D eigenvalue weighted by Crippen LogP contribution is 2.35. The minimum Gasteiger partial charge on any atom is -0.454 e. The Morgan fingerprint density at radius 1 is 1.42 bits per heavy atom. The molecule has 0 amide bonds. The molecule has 2 aromatic rings. The lowest BCUT2D eigenvalue weighted by atomic mass is 10.2. The van der Waals surface area contributed by atoms with Gasteiger partial charge in [0.05, 0.1) is 0 Å². The van der Waals surface area contributed by atoms with Crippen LogP contribution in [0.2, 0.25) is 0 Å². The summed E-state index contributed by atoms with van der Waals surface area (Å²) in [5.41, 5.74) is 0.794. The number of nitrogens with one attached hydrogen (secondary N) is 2. The van der Waals surface area contributed by atoms with Crippen molar-refractivity contribution in [2.45, 2.75) is 13.5 Å². The molecule has 1 aromatic heterocycles. The molecule has 0 unspecified atom stereocenters. The number of fused-ring (bicyclic) bond motifs is 1. The van der Waals surface area contributed by atoms with Crippen LogP contribution in [0.5, 0.6) is 11.5 Å². The molecule has 1 aromatic carbocycles. The summed E-state index contributed by atoms with van der Waals surface area (Å²) in [7, 11) is 0. The van der Waals surface area contributed by atoms with E-state index in [4.69, 9.17) is 9.47 Å². The van der Waals surface area contributed by atoms with Crippen LogP contribution in [-0.4, -0.2) is 16.8 Å². The molecule has 2 N–H and O–H groups in total. The second-order valence-corrected chi connectivity index (χ2v) is 4.22. The molecule has 0 atom stereocenters. The molecule has 0 aliphatic carbocycles. The predicted molar refractivity (Wildman–Crippen MR) is 69.5 cm³/mol. The van der Waals surface area contributed by atoms with Crippen molar-refractivity contribution in [1.82, 2.24) is 9.97 Å². The van der Waals surface area contributed by atoms with Crippen LogP contribution in [0, 0.1) is 6.92 Å². The number of rotatable bonds is 3. The highest BCUT2D eigenvalue weighted by Gasteiger charge is 2.16. The van der Waals surface area contributed by atoms with E-state index in [0.29, 0.717) is 18.2 Å². The van der Waals surface area contributed by atoms with Gasteiger partial charge in [0, 0.05) is 18.2 Å². The number of para-hydroxylation sites is 1. The maximum absolute atomic E-state index is 11.3. The van der Waals surface area contributed by atoms with Crippen molar-refractivity contribution >= 4 is 5.82 Å². The van der Waals surface area contributed by atoms with Gasteiger partial charge in [0.1, 0.15) is 11.6 Å². The summed E-state index contributed by atoms with van der Waals surface area (Å²) < 4.78 is 10.7. The first-order chi connectivity index (χ1) is 9.22. The van der Waals surface area contributed by atoms with Gasteiger partial charge < -0.3 is 19.8 Å². The van der Waals surface area contributed by atoms with Gasteiger partial charge in [-0.2, -0.15) is 0 Å². The van der Waals surface area contributed by atoms with Gasteiger partial charge in [0.15, 0.2) is 11.5 Å². The molecule has 0 saturated carbocycles. The topological polar surface area (TPSA) is 76.2 Å². The normalized spacial score (nSPS) is 12.5. The van der Waals surface area contributed by atoms with Crippen molar-refractivity contribution in [1.29, 1.82) is 0 Å². The molecule has 2 heterocycles. The summed E-state index contributed by atoms with van der Waals surface area (Å²) in [6, 6.07) is 7.14. The molecular formula is C13H13N3O3. The summed E-state index contributed by atoms with van der Waals surface area (Å²) in [6.07, 6.45) is 0. The predicted octanol–water partition coefficient (Wildman–Crippen LogP) is 1.42. The van der Waals surface area contributed by atoms with E-state index in [2.05, 4.69) is 15.3 Å². The van der Waals surface area contributed by atoms with Crippen LogP contribution >= 0.6 is 0 Å². The zero-order chi connectivity index (χ0) is 13.2. The first-order valence-corrected chi connectivity index (χ1v) is 5.92. The van der Waals surface area contributed by atoms with E-state index >= 15 is 0 Å². The van der Waals surface area contributed by atoms with E-state index in [1.54, 1.807) is 6.92 Å². The van der Waals surface area contributed by atoms with E-state index in [0.717, 1.165) is 17.1 Å². The molecule has 6 nitrogen and oxygen atoms in total. The summed E-state index contributed by atoms with van der Waals surface area (Å²) in [5.74, 6) is 2.61. The number of hydrogen-bond donors (Lipinski definition) is 2. The van der Waals surface area contributed by atoms with E-state index in [9.17, 15) is 4.79 Å².